The number of rotatable bonds is 3. The summed E-state index contributed by atoms with van der Waals surface area (Å²) in [4.78, 5) is 30.9. The van der Waals surface area contributed by atoms with Gasteiger partial charge < -0.3 is 4.90 Å². The summed E-state index contributed by atoms with van der Waals surface area (Å²) in [7, 11) is 0. The van der Waals surface area contributed by atoms with Crippen LogP contribution in [0, 0.1) is 6.92 Å². The van der Waals surface area contributed by atoms with E-state index in [0.29, 0.717) is 29.3 Å². The number of hydrogen-bond donors (Lipinski definition) is 1. The van der Waals surface area contributed by atoms with Gasteiger partial charge in [-0.25, -0.2) is 19.7 Å². The van der Waals surface area contributed by atoms with Gasteiger partial charge in [0, 0.05) is 30.4 Å². The summed E-state index contributed by atoms with van der Waals surface area (Å²) in [5, 5.41) is 2.82. The molecular weight excluding hydrogens is 493 g/mol. The summed E-state index contributed by atoms with van der Waals surface area (Å²) in [5.74, 6) is 0.567. The number of pyridine rings is 1. The van der Waals surface area contributed by atoms with E-state index in [4.69, 9.17) is 0 Å². The Balaban J connectivity index is 1.34. The molecule has 2 bridgehead atoms. The summed E-state index contributed by atoms with van der Waals surface area (Å²) < 4.78 is 39.9. The maximum atomic E-state index is 13.6. The molecule has 2 amide bonds. The zero-order chi connectivity index (χ0) is 26.4. The Kier molecular flexibility index (Phi) is 5.74. The van der Waals surface area contributed by atoms with Crippen molar-refractivity contribution in [3.05, 3.63) is 84.1 Å². The van der Waals surface area contributed by atoms with E-state index in [9.17, 15) is 18.0 Å². The fourth-order valence-corrected chi connectivity index (χ4v) is 5.03. The van der Waals surface area contributed by atoms with E-state index in [1.165, 1.54) is 6.07 Å². The number of halogens is 3. The van der Waals surface area contributed by atoms with Crippen LogP contribution < -0.4 is 15.1 Å². The van der Waals surface area contributed by atoms with Gasteiger partial charge in [0.25, 0.3) is 0 Å². The van der Waals surface area contributed by atoms with Gasteiger partial charge in [0.05, 0.1) is 28.7 Å². The minimum Gasteiger partial charge on any atom is -0.366 e. The summed E-state index contributed by atoms with van der Waals surface area (Å²) >= 11 is 0. The predicted molar refractivity (Wildman–Crippen MR) is 139 cm³/mol. The number of alkyl halides is 3. The lowest BCUT2D eigenvalue weighted by Gasteiger charge is -2.35. The van der Waals surface area contributed by atoms with E-state index < -0.39 is 17.8 Å². The number of anilines is 3. The molecule has 10 heteroatoms. The molecule has 2 aliphatic rings. The van der Waals surface area contributed by atoms with Crippen LogP contribution in [0.15, 0.2) is 72.9 Å². The number of amides is 2. The summed E-state index contributed by atoms with van der Waals surface area (Å²) in [6.07, 6.45) is -2.06. The zero-order valence-electron chi connectivity index (χ0n) is 20.4. The van der Waals surface area contributed by atoms with Crippen LogP contribution in [0.3, 0.4) is 0 Å². The quantitative estimate of drug-likeness (QED) is 0.353. The highest BCUT2D eigenvalue weighted by Crippen LogP contribution is 2.41. The van der Waals surface area contributed by atoms with E-state index in [2.05, 4.69) is 25.2 Å². The van der Waals surface area contributed by atoms with Crippen LogP contribution in [0.2, 0.25) is 0 Å². The highest BCUT2D eigenvalue weighted by Gasteiger charge is 2.40. The van der Waals surface area contributed by atoms with Crippen molar-refractivity contribution in [2.45, 2.75) is 25.6 Å². The molecule has 2 aliphatic heterocycles. The second-order valence-electron chi connectivity index (χ2n) is 9.40. The number of aryl methyl sites for hydroxylation is 1. The molecule has 0 unspecified atom stereocenters. The first-order valence-electron chi connectivity index (χ1n) is 12.2. The zero-order valence-corrected chi connectivity index (χ0v) is 20.4. The molecule has 6 rings (SSSR count). The molecule has 1 N–H and O–H groups in total. The SMILES string of the molecule is Cc1cnc(NC(=O)N2c3nc(-c4cccc(C(F)(F)F)c4)ccc3N3CC[C@H]2C3)nc1-c1ccccc1. The van der Waals surface area contributed by atoms with Crippen LogP contribution in [0.25, 0.3) is 22.5 Å². The van der Waals surface area contributed by atoms with Crippen LogP contribution in [0.4, 0.5) is 35.4 Å². The van der Waals surface area contributed by atoms with E-state index in [1.54, 1.807) is 23.2 Å². The highest BCUT2D eigenvalue weighted by atomic mass is 19.4. The second-order valence-corrected chi connectivity index (χ2v) is 9.40. The molecule has 1 saturated heterocycles. The Bertz CT molecular complexity index is 1530. The standard InChI is InChI=1S/C28H23F3N6O/c1-17-15-32-26(34-24(17)18-6-3-2-4-7-18)35-27(38)37-21-12-13-36(16-21)23-11-10-22(33-25(23)37)19-8-5-9-20(14-19)28(29,30)31/h2-11,14-15,21H,12-13,16H2,1H3,(H,32,34,35,38)/t21-/m0/s1. The molecule has 7 nitrogen and oxygen atoms in total. The lowest BCUT2D eigenvalue weighted by atomic mass is 10.1. The number of carbonyl (C=O) groups excluding carboxylic acids is 1. The first kappa shape index (κ1) is 23.9. The van der Waals surface area contributed by atoms with E-state index in [-0.39, 0.29) is 12.0 Å². The van der Waals surface area contributed by atoms with Crippen LogP contribution in [-0.2, 0) is 6.18 Å². The van der Waals surface area contributed by atoms with Crippen molar-refractivity contribution in [2.24, 2.45) is 0 Å². The van der Waals surface area contributed by atoms with Crippen LogP contribution >= 0.6 is 0 Å². The summed E-state index contributed by atoms with van der Waals surface area (Å²) in [6, 6.07) is 17.6. The van der Waals surface area contributed by atoms with E-state index in [0.717, 1.165) is 41.9 Å². The van der Waals surface area contributed by atoms with Crippen molar-refractivity contribution in [1.82, 2.24) is 15.0 Å². The molecule has 0 aliphatic carbocycles. The number of nitrogens with zero attached hydrogens (tertiary/aromatic N) is 5. The molecule has 1 fully saturated rings. The van der Waals surface area contributed by atoms with Crippen molar-refractivity contribution >= 4 is 23.5 Å². The lowest BCUT2D eigenvalue weighted by Crippen LogP contribution is -2.48. The molecule has 192 valence electrons. The molecule has 38 heavy (non-hydrogen) atoms. The normalized spacial score (nSPS) is 16.4. The third-order valence-corrected chi connectivity index (χ3v) is 6.89. The fourth-order valence-electron chi connectivity index (χ4n) is 5.03. The Hall–Kier alpha value is -4.47. The van der Waals surface area contributed by atoms with E-state index in [1.807, 2.05) is 43.3 Å². The molecule has 1 atom stereocenters. The van der Waals surface area contributed by atoms with Gasteiger partial charge in [0.2, 0.25) is 5.95 Å². The largest absolute Gasteiger partial charge is 0.416 e. The second kappa shape index (κ2) is 9.13. The van der Waals surface area contributed by atoms with Crippen LogP contribution in [0.5, 0.6) is 0 Å². The third-order valence-electron chi connectivity index (χ3n) is 6.89. The number of hydrogen-bond acceptors (Lipinski definition) is 5. The smallest absolute Gasteiger partial charge is 0.366 e. The van der Waals surface area contributed by atoms with Crippen LogP contribution in [0.1, 0.15) is 17.5 Å². The lowest BCUT2D eigenvalue weighted by molar-refractivity contribution is -0.137. The van der Waals surface area contributed by atoms with Gasteiger partial charge in [0.15, 0.2) is 5.82 Å². The van der Waals surface area contributed by atoms with Crippen LogP contribution in [-0.4, -0.2) is 40.1 Å². The maximum absolute atomic E-state index is 13.6. The monoisotopic (exact) mass is 516 g/mol. The molecule has 4 heterocycles. The number of benzene rings is 2. The third kappa shape index (κ3) is 4.31. The molecular formula is C28H23F3N6O. The minimum atomic E-state index is -4.46. The van der Waals surface area contributed by atoms with Gasteiger partial charge in [-0.3, -0.25) is 10.2 Å². The molecule has 0 spiro atoms. The highest BCUT2D eigenvalue weighted by molar-refractivity contribution is 6.04. The van der Waals surface area contributed by atoms with Gasteiger partial charge in [-0.15, -0.1) is 0 Å². The number of fused-ring (bicyclic) bond motifs is 4. The van der Waals surface area contributed by atoms with Gasteiger partial charge in [-0.05, 0) is 43.2 Å². The number of aromatic nitrogens is 3. The molecule has 4 aromatic rings. The maximum Gasteiger partial charge on any atom is 0.416 e. The summed E-state index contributed by atoms with van der Waals surface area (Å²) in [6.45, 7) is 3.31. The minimum absolute atomic E-state index is 0.134. The van der Waals surface area contributed by atoms with Crippen molar-refractivity contribution in [2.75, 3.05) is 28.2 Å². The molecule has 0 saturated carbocycles. The van der Waals surface area contributed by atoms with Gasteiger partial charge in [-0.2, -0.15) is 13.2 Å². The molecule has 2 aromatic heterocycles. The Morgan fingerprint density at radius 2 is 1.79 bits per heavy atom. The Labute approximate surface area is 217 Å². The van der Waals surface area contributed by atoms with Crippen molar-refractivity contribution in [3.8, 4) is 22.5 Å². The van der Waals surface area contributed by atoms with Crippen molar-refractivity contribution in [1.29, 1.82) is 0 Å². The fraction of sp³-hybridized carbons (Fsp3) is 0.214. The van der Waals surface area contributed by atoms with Gasteiger partial charge in [-0.1, -0.05) is 42.5 Å². The Morgan fingerprint density at radius 3 is 2.58 bits per heavy atom. The average Bonchev–Trinajstić information content (AvgIpc) is 3.33. The van der Waals surface area contributed by atoms with Crippen molar-refractivity contribution in [3.63, 3.8) is 0 Å². The van der Waals surface area contributed by atoms with E-state index >= 15 is 0 Å². The van der Waals surface area contributed by atoms with Gasteiger partial charge >= 0.3 is 12.2 Å². The van der Waals surface area contributed by atoms with Gasteiger partial charge in [0.1, 0.15) is 0 Å². The Morgan fingerprint density at radius 1 is 1.00 bits per heavy atom. The molecule has 2 aromatic carbocycles. The first-order chi connectivity index (χ1) is 18.3. The summed E-state index contributed by atoms with van der Waals surface area (Å²) in [5.41, 5.74) is 3.19. The number of nitrogens with one attached hydrogen (secondary N) is 1. The average molecular weight is 517 g/mol. The first-order valence-corrected chi connectivity index (χ1v) is 12.2. The number of carbonyl (C=O) groups is 1. The molecule has 0 radical (unpaired) electrons. The van der Waals surface area contributed by atoms with Crippen molar-refractivity contribution < 1.29 is 18.0 Å². The predicted octanol–water partition coefficient (Wildman–Crippen LogP) is 6.16. The number of urea groups is 1. The topological polar surface area (TPSA) is 74.2 Å².